The van der Waals surface area contributed by atoms with Crippen LogP contribution in [-0.4, -0.2) is 59.2 Å². The summed E-state index contributed by atoms with van der Waals surface area (Å²) in [5.74, 6) is 2.23. The Kier molecular flexibility index (Phi) is 11.6. The van der Waals surface area contributed by atoms with E-state index in [2.05, 4.69) is 15.6 Å². The van der Waals surface area contributed by atoms with Gasteiger partial charge < -0.3 is 20.1 Å². The molecule has 9 heteroatoms. The number of nitrogens with one attached hydrogen (secondary N) is 2. The molecule has 0 radical (unpaired) electrons. The van der Waals surface area contributed by atoms with Crippen LogP contribution in [0.3, 0.4) is 0 Å². The Bertz CT molecular complexity index is 638. The number of sulfone groups is 1. The Balaban J connectivity index is 0.00000576. The number of rotatable bonds is 9. The number of ether oxygens (including phenoxy) is 2. The molecule has 1 aromatic rings. The normalized spacial score (nSPS) is 12.7. The SMILES string of the molecule is CCS(=O)(=O)CCNC(=NC)NCC(C)Oc1cccc(OC)c1.I. The lowest BCUT2D eigenvalue weighted by Crippen LogP contribution is -2.43. The van der Waals surface area contributed by atoms with Crippen LogP contribution in [0, 0.1) is 0 Å². The number of methoxy groups -OCH3 is 1. The Morgan fingerprint density at radius 3 is 2.56 bits per heavy atom. The minimum absolute atomic E-state index is 0. The van der Waals surface area contributed by atoms with Crippen LogP contribution < -0.4 is 20.1 Å². The van der Waals surface area contributed by atoms with Gasteiger partial charge in [-0.25, -0.2) is 8.42 Å². The third-order valence-corrected chi connectivity index (χ3v) is 5.01. The minimum atomic E-state index is -2.98. The topological polar surface area (TPSA) is 89.0 Å². The smallest absolute Gasteiger partial charge is 0.191 e. The van der Waals surface area contributed by atoms with Crippen LogP contribution in [0.5, 0.6) is 11.5 Å². The van der Waals surface area contributed by atoms with Crippen molar-refractivity contribution < 1.29 is 17.9 Å². The fraction of sp³-hybridized carbons (Fsp3) is 0.562. The third kappa shape index (κ3) is 9.73. The molecule has 1 atom stereocenters. The molecule has 0 aromatic heterocycles. The van der Waals surface area contributed by atoms with Gasteiger partial charge in [-0.1, -0.05) is 13.0 Å². The van der Waals surface area contributed by atoms with Crippen LogP contribution in [0.4, 0.5) is 0 Å². The van der Waals surface area contributed by atoms with Crippen molar-refractivity contribution in [2.75, 3.05) is 38.8 Å². The average molecular weight is 485 g/mol. The second-order valence-electron chi connectivity index (χ2n) is 5.22. The summed E-state index contributed by atoms with van der Waals surface area (Å²) in [7, 11) is 0.262. The fourth-order valence-corrected chi connectivity index (χ4v) is 2.58. The summed E-state index contributed by atoms with van der Waals surface area (Å²) in [5.41, 5.74) is 0. The van der Waals surface area contributed by atoms with E-state index in [4.69, 9.17) is 9.47 Å². The van der Waals surface area contributed by atoms with Gasteiger partial charge in [-0.05, 0) is 19.1 Å². The summed E-state index contributed by atoms with van der Waals surface area (Å²) in [6.45, 7) is 4.42. The number of hydrogen-bond donors (Lipinski definition) is 2. The largest absolute Gasteiger partial charge is 0.497 e. The first-order valence-corrected chi connectivity index (χ1v) is 9.68. The summed E-state index contributed by atoms with van der Waals surface area (Å²) >= 11 is 0. The van der Waals surface area contributed by atoms with E-state index in [9.17, 15) is 8.42 Å². The van der Waals surface area contributed by atoms with Crippen LogP contribution in [0.1, 0.15) is 13.8 Å². The quantitative estimate of drug-likeness (QED) is 0.315. The van der Waals surface area contributed by atoms with Crippen molar-refractivity contribution in [2.24, 2.45) is 4.99 Å². The molecule has 1 unspecified atom stereocenters. The van der Waals surface area contributed by atoms with Crippen molar-refractivity contribution in [3.8, 4) is 11.5 Å². The molecule has 2 N–H and O–H groups in total. The van der Waals surface area contributed by atoms with E-state index >= 15 is 0 Å². The first kappa shape index (κ1) is 23.8. The van der Waals surface area contributed by atoms with Gasteiger partial charge >= 0.3 is 0 Å². The minimum Gasteiger partial charge on any atom is -0.497 e. The van der Waals surface area contributed by atoms with Crippen molar-refractivity contribution in [1.29, 1.82) is 0 Å². The fourth-order valence-electron chi connectivity index (χ4n) is 1.88. The molecule has 0 amide bonds. The molecular formula is C16H28IN3O4S. The van der Waals surface area contributed by atoms with Gasteiger partial charge in [0.25, 0.3) is 0 Å². The Morgan fingerprint density at radius 2 is 1.96 bits per heavy atom. The lowest BCUT2D eigenvalue weighted by atomic mass is 10.3. The maximum Gasteiger partial charge on any atom is 0.191 e. The average Bonchev–Trinajstić information content (AvgIpc) is 2.58. The van der Waals surface area contributed by atoms with E-state index < -0.39 is 9.84 Å². The molecule has 144 valence electrons. The van der Waals surface area contributed by atoms with Crippen LogP contribution in [0.2, 0.25) is 0 Å². The predicted octanol–water partition coefficient (Wildman–Crippen LogP) is 1.68. The molecule has 0 bridgehead atoms. The molecule has 0 spiro atoms. The predicted molar refractivity (Wildman–Crippen MR) is 112 cm³/mol. The maximum atomic E-state index is 11.5. The number of aliphatic imine (C=N–C) groups is 1. The summed E-state index contributed by atoms with van der Waals surface area (Å²) in [6, 6.07) is 7.40. The zero-order valence-electron chi connectivity index (χ0n) is 15.1. The number of guanidine groups is 1. The van der Waals surface area contributed by atoms with Gasteiger partial charge in [0.05, 0.1) is 19.4 Å². The zero-order valence-corrected chi connectivity index (χ0v) is 18.3. The summed E-state index contributed by atoms with van der Waals surface area (Å²) < 4.78 is 33.9. The standard InChI is InChI=1S/C16H27N3O4S.HI/c1-5-24(20,21)10-9-18-16(17-3)19-12-13(2)23-15-8-6-7-14(11-15)22-4;/h6-8,11,13H,5,9-10,12H2,1-4H3,(H2,17,18,19);1H. The van der Waals surface area contributed by atoms with Crippen molar-refractivity contribution in [2.45, 2.75) is 20.0 Å². The number of benzene rings is 1. The molecule has 7 nitrogen and oxygen atoms in total. The molecule has 0 fully saturated rings. The van der Waals surface area contributed by atoms with Gasteiger partial charge in [-0.3, -0.25) is 4.99 Å². The summed E-state index contributed by atoms with van der Waals surface area (Å²) in [5, 5.41) is 6.09. The van der Waals surface area contributed by atoms with Gasteiger partial charge in [0, 0.05) is 25.4 Å². The number of halogens is 1. The summed E-state index contributed by atoms with van der Waals surface area (Å²) in [6.07, 6.45) is -0.102. The zero-order chi connectivity index (χ0) is 18.0. The highest BCUT2D eigenvalue weighted by atomic mass is 127. The van der Waals surface area contributed by atoms with E-state index in [0.717, 1.165) is 11.5 Å². The summed E-state index contributed by atoms with van der Waals surface area (Å²) in [4.78, 5) is 4.06. The first-order chi connectivity index (χ1) is 11.4. The van der Waals surface area contributed by atoms with Crippen molar-refractivity contribution in [3.63, 3.8) is 0 Å². The van der Waals surface area contributed by atoms with Crippen LogP contribution >= 0.6 is 24.0 Å². The van der Waals surface area contributed by atoms with Gasteiger partial charge in [0.2, 0.25) is 0 Å². The lowest BCUT2D eigenvalue weighted by molar-refractivity contribution is 0.223. The third-order valence-electron chi connectivity index (χ3n) is 3.30. The molecule has 0 aliphatic carbocycles. The van der Waals surface area contributed by atoms with E-state index in [1.54, 1.807) is 21.1 Å². The lowest BCUT2D eigenvalue weighted by Gasteiger charge is -2.18. The van der Waals surface area contributed by atoms with Crippen LogP contribution in [0.15, 0.2) is 29.3 Å². The first-order valence-electron chi connectivity index (χ1n) is 7.85. The Labute approximate surface area is 167 Å². The highest BCUT2D eigenvalue weighted by Gasteiger charge is 2.09. The molecule has 0 aliphatic rings. The second-order valence-corrected chi connectivity index (χ2v) is 7.70. The van der Waals surface area contributed by atoms with Crippen LogP contribution in [-0.2, 0) is 9.84 Å². The molecule has 0 saturated heterocycles. The van der Waals surface area contributed by atoms with Gasteiger partial charge in [0.15, 0.2) is 15.8 Å². The Hall–Kier alpha value is -1.23. The molecule has 1 aromatic carbocycles. The van der Waals surface area contributed by atoms with E-state index in [0.29, 0.717) is 19.0 Å². The molecule has 1 rings (SSSR count). The Morgan fingerprint density at radius 1 is 1.28 bits per heavy atom. The van der Waals surface area contributed by atoms with E-state index in [1.165, 1.54) is 0 Å². The van der Waals surface area contributed by atoms with Crippen molar-refractivity contribution in [1.82, 2.24) is 10.6 Å². The van der Waals surface area contributed by atoms with E-state index in [1.807, 2.05) is 31.2 Å². The van der Waals surface area contributed by atoms with Crippen LogP contribution in [0.25, 0.3) is 0 Å². The van der Waals surface area contributed by atoms with Gasteiger partial charge in [0.1, 0.15) is 17.6 Å². The maximum absolute atomic E-state index is 11.5. The highest BCUT2D eigenvalue weighted by molar-refractivity contribution is 14.0. The van der Waals surface area contributed by atoms with Crippen molar-refractivity contribution in [3.05, 3.63) is 24.3 Å². The van der Waals surface area contributed by atoms with Gasteiger partial charge in [-0.15, -0.1) is 24.0 Å². The molecule has 0 aliphatic heterocycles. The number of nitrogens with zero attached hydrogens (tertiary/aromatic N) is 1. The molecular weight excluding hydrogens is 457 g/mol. The molecule has 25 heavy (non-hydrogen) atoms. The second kappa shape index (κ2) is 12.2. The highest BCUT2D eigenvalue weighted by Crippen LogP contribution is 2.19. The molecule has 0 saturated carbocycles. The monoisotopic (exact) mass is 485 g/mol. The van der Waals surface area contributed by atoms with Crippen molar-refractivity contribution >= 4 is 39.8 Å². The van der Waals surface area contributed by atoms with E-state index in [-0.39, 0.29) is 41.6 Å². The number of hydrogen-bond acceptors (Lipinski definition) is 5. The molecule has 0 heterocycles. The van der Waals surface area contributed by atoms with Gasteiger partial charge in [-0.2, -0.15) is 0 Å².